The highest BCUT2D eigenvalue weighted by atomic mass is 16.5. The second kappa shape index (κ2) is 8.09. The maximum atomic E-state index is 12.1. The van der Waals surface area contributed by atoms with Gasteiger partial charge in [-0.3, -0.25) is 4.79 Å². The topological polar surface area (TPSA) is 107 Å². The summed E-state index contributed by atoms with van der Waals surface area (Å²) in [5.74, 6) is 0.136. The maximum Gasteiger partial charge on any atom is 0.371 e. The molecule has 0 aliphatic heterocycles. The number of benzene rings is 1. The molecule has 2 aromatic rings. The van der Waals surface area contributed by atoms with Crippen LogP contribution in [0.25, 0.3) is 0 Å². The molecule has 25 heavy (non-hydrogen) atoms. The number of carbonyl (C=O) groups is 2. The highest BCUT2D eigenvalue weighted by molar-refractivity contribution is 5.84. The Kier molecular flexibility index (Phi) is 5.89. The molecule has 134 valence electrons. The van der Waals surface area contributed by atoms with Crippen LogP contribution in [0.15, 0.2) is 28.7 Å². The first-order valence-electron chi connectivity index (χ1n) is 7.36. The summed E-state index contributed by atoms with van der Waals surface area (Å²) in [6, 6.07) is 6.22. The van der Waals surface area contributed by atoms with Gasteiger partial charge in [-0.25, -0.2) is 4.79 Å². The Morgan fingerprint density at radius 3 is 2.20 bits per heavy atom. The Morgan fingerprint density at radius 2 is 1.72 bits per heavy atom. The van der Waals surface area contributed by atoms with E-state index in [-0.39, 0.29) is 24.6 Å². The number of ether oxygens (including phenoxy) is 3. The predicted octanol–water partition coefficient (Wildman–Crippen LogP) is 1.86. The third-order valence-electron chi connectivity index (χ3n) is 3.42. The molecule has 0 radical (unpaired) electrons. The second-order valence-corrected chi connectivity index (χ2v) is 5.06. The van der Waals surface area contributed by atoms with Gasteiger partial charge in [-0.05, 0) is 29.8 Å². The number of hydrogen-bond acceptors (Lipinski definition) is 6. The van der Waals surface area contributed by atoms with E-state index in [1.807, 2.05) is 0 Å². The standard InChI is InChI=1S/C17H19NO7/c1-22-13-6-10(7-14(23-2)16(13)24-3)8-15(19)18-9-11-4-5-12(25-11)17(20)21/h4-7H,8-9H2,1-3H3,(H,18,19)(H,20,21). The van der Waals surface area contributed by atoms with Gasteiger partial charge in [0.2, 0.25) is 17.4 Å². The number of nitrogens with one attached hydrogen (secondary N) is 1. The summed E-state index contributed by atoms with van der Waals surface area (Å²) in [6.45, 7) is 0.0938. The Bertz CT molecular complexity index is 741. The highest BCUT2D eigenvalue weighted by Crippen LogP contribution is 2.38. The normalized spacial score (nSPS) is 10.2. The molecule has 8 heteroatoms. The molecular weight excluding hydrogens is 330 g/mol. The van der Waals surface area contributed by atoms with Crippen LogP contribution in [-0.2, 0) is 17.8 Å². The lowest BCUT2D eigenvalue weighted by atomic mass is 10.1. The molecule has 0 saturated heterocycles. The summed E-state index contributed by atoms with van der Waals surface area (Å²) in [5, 5.41) is 11.5. The first kappa shape index (κ1) is 18.2. The molecule has 0 spiro atoms. The molecule has 1 amide bonds. The Hall–Kier alpha value is -3.16. The molecule has 2 N–H and O–H groups in total. The number of furan rings is 1. The summed E-state index contributed by atoms with van der Waals surface area (Å²) < 4.78 is 20.8. The van der Waals surface area contributed by atoms with Crippen molar-refractivity contribution < 1.29 is 33.3 Å². The van der Waals surface area contributed by atoms with Crippen molar-refractivity contribution in [3.05, 3.63) is 41.3 Å². The van der Waals surface area contributed by atoms with Crippen LogP contribution in [0.2, 0.25) is 0 Å². The van der Waals surface area contributed by atoms with Gasteiger partial charge in [-0.15, -0.1) is 0 Å². The number of carboxylic acid groups (broad SMARTS) is 1. The molecule has 0 aliphatic rings. The molecule has 0 saturated carbocycles. The molecule has 0 atom stereocenters. The number of hydrogen-bond donors (Lipinski definition) is 2. The van der Waals surface area contributed by atoms with Gasteiger partial charge in [-0.1, -0.05) is 0 Å². The van der Waals surface area contributed by atoms with E-state index < -0.39 is 5.97 Å². The molecule has 0 fully saturated rings. The lowest BCUT2D eigenvalue weighted by Crippen LogP contribution is -2.24. The molecule has 2 rings (SSSR count). The van der Waals surface area contributed by atoms with E-state index in [0.29, 0.717) is 28.6 Å². The average Bonchev–Trinajstić information content (AvgIpc) is 3.08. The summed E-state index contributed by atoms with van der Waals surface area (Å²) in [7, 11) is 4.50. The van der Waals surface area contributed by atoms with Crippen LogP contribution in [0.4, 0.5) is 0 Å². The van der Waals surface area contributed by atoms with E-state index in [1.165, 1.54) is 33.5 Å². The summed E-state index contributed by atoms with van der Waals surface area (Å²) in [4.78, 5) is 22.8. The highest BCUT2D eigenvalue weighted by Gasteiger charge is 2.15. The van der Waals surface area contributed by atoms with Gasteiger partial charge >= 0.3 is 5.97 Å². The Labute approximate surface area is 144 Å². The second-order valence-electron chi connectivity index (χ2n) is 5.06. The van der Waals surface area contributed by atoms with Crippen molar-refractivity contribution >= 4 is 11.9 Å². The first-order valence-corrected chi connectivity index (χ1v) is 7.36. The number of amides is 1. The minimum Gasteiger partial charge on any atom is -0.493 e. The van der Waals surface area contributed by atoms with Gasteiger partial charge in [-0.2, -0.15) is 0 Å². The number of carbonyl (C=O) groups excluding carboxylic acids is 1. The first-order chi connectivity index (χ1) is 12.0. The van der Waals surface area contributed by atoms with E-state index in [2.05, 4.69) is 5.32 Å². The van der Waals surface area contributed by atoms with Gasteiger partial charge in [0.05, 0.1) is 34.3 Å². The Morgan fingerprint density at radius 1 is 1.08 bits per heavy atom. The van der Waals surface area contributed by atoms with Gasteiger partial charge < -0.3 is 29.1 Å². The molecule has 1 aromatic heterocycles. The number of carboxylic acids is 1. The zero-order valence-electron chi connectivity index (χ0n) is 14.1. The number of methoxy groups -OCH3 is 3. The van der Waals surface area contributed by atoms with Crippen LogP contribution in [0.1, 0.15) is 21.9 Å². The van der Waals surface area contributed by atoms with E-state index in [1.54, 1.807) is 12.1 Å². The van der Waals surface area contributed by atoms with Crippen LogP contribution in [0.5, 0.6) is 17.2 Å². The van der Waals surface area contributed by atoms with Crippen molar-refractivity contribution in [3.8, 4) is 17.2 Å². The smallest absolute Gasteiger partial charge is 0.371 e. The van der Waals surface area contributed by atoms with E-state index in [4.69, 9.17) is 23.7 Å². The van der Waals surface area contributed by atoms with Crippen molar-refractivity contribution in [2.45, 2.75) is 13.0 Å². The van der Waals surface area contributed by atoms with Crippen LogP contribution in [0, 0.1) is 0 Å². The van der Waals surface area contributed by atoms with Gasteiger partial charge in [0.25, 0.3) is 0 Å². The fraction of sp³-hybridized carbons (Fsp3) is 0.294. The molecular formula is C17H19NO7. The molecule has 0 aliphatic carbocycles. The van der Waals surface area contributed by atoms with Crippen LogP contribution >= 0.6 is 0 Å². The minimum absolute atomic E-state index is 0.0865. The number of aromatic carboxylic acids is 1. The minimum atomic E-state index is -1.16. The Balaban J connectivity index is 2.03. The van der Waals surface area contributed by atoms with E-state index in [9.17, 15) is 9.59 Å². The van der Waals surface area contributed by atoms with Crippen LogP contribution in [0.3, 0.4) is 0 Å². The van der Waals surface area contributed by atoms with Gasteiger partial charge in [0.15, 0.2) is 11.5 Å². The third kappa shape index (κ3) is 4.43. The van der Waals surface area contributed by atoms with Crippen molar-refractivity contribution in [1.29, 1.82) is 0 Å². The molecule has 1 heterocycles. The third-order valence-corrected chi connectivity index (χ3v) is 3.42. The average molecular weight is 349 g/mol. The van der Waals surface area contributed by atoms with Crippen molar-refractivity contribution in [2.24, 2.45) is 0 Å². The van der Waals surface area contributed by atoms with Crippen LogP contribution in [-0.4, -0.2) is 38.3 Å². The molecule has 8 nitrogen and oxygen atoms in total. The van der Waals surface area contributed by atoms with Gasteiger partial charge in [0, 0.05) is 0 Å². The monoisotopic (exact) mass is 349 g/mol. The summed E-state index contributed by atoms with van der Waals surface area (Å²) in [5.41, 5.74) is 0.678. The predicted molar refractivity (Wildman–Crippen MR) is 87.3 cm³/mol. The fourth-order valence-corrected chi connectivity index (χ4v) is 2.26. The lowest BCUT2D eigenvalue weighted by molar-refractivity contribution is -0.120. The maximum absolute atomic E-state index is 12.1. The number of rotatable bonds is 8. The van der Waals surface area contributed by atoms with E-state index in [0.717, 1.165) is 0 Å². The van der Waals surface area contributed by atoms with E-state index >= 15 is 0 Å². The fourth-order valence-electron chi connectivity index (χ4n) is 2.26. The zero-order valence-corrected chi connectivity index (χ0v) is 14.1. The summed E-state index contributed by atoms with van der Waals surface area (Å²) in [6.07, 6.45) is 0.0865. The van der Waals surface area contributed by atoms with Crippen molar-refractivity contribution in [3.63, 3.8) is 0 Å². The lowest BCUT2D eigenvalue weighted by Gasteiger charge is -2.14. The quantitative estimate of drug-likeness (QED) is 0.749. The molecule has 0 unspecified atom stereocenters. The van der Waals surface area contributed by atoms with Crippen molar-refractivity contribution in [2.75, 3.05) is 21.3 Å². The van der Waals surface area contributed by atoms with Crippen LogP contribution < -0.4 is 19.5 Å². The van der Waals surface area contributed by atoms with Crippen molar-refractivity contribution in [1.82, 2.24) is 5.32 Å². The van der Waals surface area contributed by atoms with Gasteiger partial charge in [0.1, 0.15) is 5.76 Å². The SMILES string of the molecule is COc1cc(CC(=O)NCc2ccc(C(=O)O)o2)cc(OC)c1OC. The molecule has 1 aromatic carbocycles. The molecule has 0 bridgehead atoms. The largest absolute Gasteiger partial charge is 0.493 e. The zero-order chi connectivity index (χ0) is 18.4. The summed E-state index contributed by atoms with van der Waals surface area (Å²) >= 11 is 0.